The van der Waals surface area contributed by atoms with Crippen molar-refractivity contribution in [1.82, 2.24) is 14.9 Å². The summed E-state index contributed by atoms with van der Waals surface area (Å²) in [4.78, 5) is 22.7. The van der Waals surface area contributed by atoms with Crippen LogP contribution >= 0.6 is 15.9 Å². The average molecular weight is 392 g/mol. The van der Waals surface area contributed by atoms with Crippen molar-refractivity contribution in [1.29, 1.82) is 0 Å². The van der Waals surface area contributed by atoms with E-state index in [9.17, 15) is 4.79 Å². The van der Waals surface area contributed by atoms with E-state index in [0.29, 0.717) is 11.5 Å². The molecule has 2 rings (SSSR count). The number of carbonyl (C=O) groups is 1. The van der Waals surface area contributed by atoms with Crippen LogP contribution in [0.3, 0.4) is 0 Å². The molecule has 0 saturated heterocycles. The lowest BCUT2D eigenvalue weighted by Crippen LogP contribution is -2.18. The molecular weight excluding hydrogens is 370 g/mol. The number of nitrogens with zero attached hydrogens (tertiary/aromatic N) is 3. The van der Waals surface area contributed by atoms with E-state index in [4.69, 9.17) is 0 Å². The van der Waals surface area contributed by atoms with E-state index in [1.807, 2.05) is 39.2 Å². The summed E-state index contributed by atoms with van der Waals surface area (Å²) < 4.78 is 0.976. The third-order valence-corrected chi connectivity index (χ3v) is 3.92. The number of carbonyl (C=O) groups excluding carboxylic acids is 1. The van der Waals surface area contributed by atoms with Gasteiger partial charge in [-0.25, -0.2) is 9.97 Å². The number of anilines is 2. The molecule has 1 aromatic carbocycles. The zero-order valence-electron chi connectivity index (χ0n) is 14.1. The summed E-state index contributed by atoms with van der Waals surface area (Å²) >= 11 is 3.41. The van der Waals surface area contributed by atoms with Gasteiger partial charge in [-0.3, -0.25) is 4.79 Å². The number of benzene rings is 1. The van der Waals surface area contributed by atoms with Gasteiger partial charge in [-0.2, -0.15) is 0 Å². The van der Waals surface area contributed by atoms with E-state index in [1.165, 1.54) is 6.33 Å². The Labute approximate surface area is 150 Å². The van der Waals surface area contributed by atoms with E-state index in [-0.39, 0.29) is 5.91 Å². The van der Waals surface area contributed by atoms with Crippen LogP contribution < -0.4 is 10.6 Å². The highest BCUT2D eigenvalue weighted by Crippen LogP contribution is 2.20. The molecular formula is C17H22BrN5O. The normalized spacial score (nSPS) is 10.7. The largest absolute Gasteiger partial charge is 0.370 e. The SMILES string of the molecule is Cc1cc(Br)ccc1NC(=O)c1cc(NCCCN(C)C)ncn1. The van der Waals surface area contributed by atoms with Crippen molar-refractivity contribution in [2.75, 3.05) is 37.8 Å². The van der Waals surface area contributed by atoms with Crippen molar-refractivity contribution >= 4 is 33.3 Å². The molecule has 0 unspecified atom stereocenters. The molecule has 1 heterocycles. The van der Waals surface area contributed by atoms with Gasteiger partial charge in [0.1, 0.15) is 17.8 Å². The molecule has 1 aromatic heterocycles. The highest BCUT2D eigenvalue weighted by Gasteiger charge is 2.10. The van der Waals surface area contributed by atoms with Crippen LogP contribution in [-0.4, -0.2) is 48.0 Å². The van der Waals surface area contributed by atoms with Crippen molar-refractivity contribution in [3.05, 3.63) is 46.3 Å². The fraction of sp³-hybridized carbons (Fsp3) is 0.353. The van der Waals surface area contributed by atoms with Crippen molar-refractivity contribution in [2.45, 2.75) is 13.3 Å². The quantitative estimate of drug-likeness (QED) is 0.709. The lowest BCUT2D eigenvalue weighted by Gasteiger charge is -2.11. The molecule has 0 radical (unpaired) electrons. The monoisotopic (exact) mass is 391 g/mol. The Morgan fingerprint density at radius 3 is 2.75 bits per heavy atom. The number of amides is 1. The van der Waals surface area contributed by atoms with Gasteiger partial charge in [-0.15, -0.1) is 0 Å². The topological polar surface area (TPSA) is 70.2 Å². The van der Waals surface area contributed by atoms with Crippen LogP contribution in [-0.2, 0) is 0 Å². The summed E-state index contributed by atoms with van der Waals surface area (Å²) in [5, 5.41) is 6.09. The molecule has 2 aromatic rings. The van der Waals surface area contributed by atoms with Crippen LogP contribution in [0, 0.1) is 6.92 Å². The number of nitrogens with one attached hydrogen (secondary N) is 2. The Morgan fingerprint density at radius 1 is 1.25 bits per heavy atom. The summed E-state index contributed by atoms with van der Waals surface area (Å²) in [6.07, 6.45) is 2.40. The Morgan fingerprint density at radius 2 is 2.04 bits per heavy atom. The summed E-state index contributed by atoms with van der Waals surface area (Å²) in [6.45, 7) is 3.73. The average Bonchev–Trinajstić information content (AvgIpc) is 2.54. The highest BCUT2D eigenvalue weighted by atomic mass is 79.9. The minimum atomic E-state index is -0.251. The van der Waals surface area contributed by atoms with Gasteiger partial charge < -0.3 is 15.5 Å². The van der Waals surface area contributed by atoms with Crippen LogP contribution in [0.1, 0.15) is 22.5 Å². The van der Waals surface area contributed by atoms with Gasteiger partial charge in [0.2, 0.25) is 0 Å². The smallest absolute Gasteiger partial charge is 0.274 e. The van der Waals surface area contributed by atoms with Gasteiger partial charge >= 0.3 is 0 Å². The van der Waals surface area contributed by atoms with Crippen LogP contribution in [0.5, 0.6) is 0 Å². The first-order valence-electron chi connectivity index (χ1n) is 7.74. The van der Waals surface area contributed by atoms with Crippen molar-refractivity contribution in [3.8, 4) is 0 Å². The van der Waals surface area contributed by atoms with E-state index in [2.05, 4.69) is 41.4 Å². The number of halogens is 1. The summed E-state index contributed by atoms with van der Waals surface area (Å²) in [5.41, 5.74) is 2.08. The molecule has 0 spiro atoms. The van der Waals surface area contributed by atoms with Crippen molar-refractivity contribution < 1.29 is 4.79 Å². The molecule has 128 valence electrons. The molecule has 0 saturated carbocycles. The van der Waals surface area contributed by atoms with E-state index in [0.717, 1.165) is 35.2 Å². The number of aryl methyl sites for hydroxylation is 1. The first-order valence-corrected chi connectivity index (χ1v) is 8.53. The van der Waals surface area contributed by atoms with Gasteiger partial charge in [-0.1, -0.05) is 15.9 Å². The Bertz CT molecular complexity index is 705. The molecule has 2 N–H and O–H groups in total. The molecule has 0 bridgehead atoms. The summed E-state index contributed by atoms with van der Waals surface area (Å²) in [6, 6.07) is 7.37. The number of hydrogen-bond donors (Lipinski definition) is 2. The van der Waals surface area contributed by atoms with Crippen LogP contribution in [0.25, 0.3) is 0 Å². The van der Waals surface area contributed by atoms with E-state index >= 15 is 0 Å². The predicted octanol–water partition coefficient (Wildman–Crippen LogP) is 3.16. The maximum absolute atomic E-state index is 12.4. The van der Waals surface area contributed by atoms with Gasteiger partial charge in [0.25, 0.3) is 5.91 Å². The lowest BCUT2D eigenvalue weighted by atomic mass is 10.2. The molecule has 6 nitrogen and oxygen atoms in total. The third kappa shape index (κ3) is 5.58. The van der Waals surface area contributed by atoms with Crippen LogP contribution in [0.2, 0.25) is 0 Å². The molecule has 0 aliphatic carbocycles. The maximum atomic E-state index is 12.4. The summed E-state index contributed by atoms with van der Waals surface area (Å²) in [7, 11) is 4.08. The van der Waals surface area contributed by atoms with Crippen molar-refractivity contribution in [2.24, 2.45) is 0 Å². The maximum Gasteiger partial charge on any atom is 0.274 e. The zero-order valence-corrected chi connectivity index (χ0v) is 15.7. The van der Waals surface area contributed by atoms with E-state index in [1.54, 1.807) is 6.07 Å². The van der Waals surface area contributed by atoms with Gasteiger partial charge in [0.15, 0.2) is 0 Å². The minimum absolute atomic E-state index is 0.251. The first kappa shape index (κ1) is 18.4. The second kappa shape index (κ2) is 8.75. The Balaban J connectivity index is 1.98. The standard InChI is InChI=1S/C17H22BrN5O/c1-12-9-13(18)5-6-14(12)22-17(24)15-10-16(21-11-20-15)19-7-4-8-23(2)3/h5-6,9-11H,4,7-8H2,1-3H3,(H,22,24)(H,19,20,21). The highest BCUT2D eigenvalue weighted by molar-refractivity contribution is 9.10. The van der Waals surface area contributed by atoms with Crippen LogP contribution in [0.15, 0.2) is 35.1 Å². The molecule has 0 fully saturated rings. The lowest BCUT2D eigenvalue weighted by molar-refractivity contribution is 0.102. The number of hydrogen-bond acceptors (Lipinski definition) is 5. The molecule has 0 aliphatic heterocycles. The fourth-order valence-electron chi connectivity index (χ4n) is 2.14. The first-order chi connectivity index (χ1) is 11.5. The molecule has 1 amide bonds. The number of rotatable bonds is 7. The van der Waals surface area contributed by atoms with Gasteiger partial charge in [0.05, 0.1) is 0 Å². The molecule has 7 heteroatoms. The fourth-order valence-corrected chi connectivity index (χ4v) is 2.62. The molecule has 24 heavy (non-hydrogen) atoms. The second-order valence-corrected chi connectivity index (χ2v) is 6.70. The summed E-state index contributed by atoms with van der Waals surface area (Å²) in [5.74, 6) is 0.403. The predicted molar refractivity (Wildman–Crippen MR) is 101 cm³/mol. The zero-order chi connectivity index (χ0) is 17.5. The van der Waals surface area contributed by atoms with Gasteiger partial charge in [-0.05, 0) is 57.7 Å². The van der Waals surface area contributed by atoms with E-state index < -0.39 is 0 Å². The third-order valence-electron chi connectivity index (χ3n) is 3.42. The Hall–Kier alpha value is -1.99. The molecule has 0 atom stereocenters. The second-order valence-electron chi connectivity index (χ2n) is 5.79. The Kier molecular flexibility index (Phi) is 6.69. The van der Waals surface area contributed by atoms with Crippen molar-refractivity contribution in [3.63, 3.8) is 0 Å². The van der Waals surface area contributed by atoms with Crippen LogP contribution in [0.4, 0.5) is 11.5 Å². The minimum Gasteiger partial charge on any atom is -0.370 e. The number of aromatic nitrogens is 2. The van der Waals surface area contributed by atoms with Gasteiger partial charge in [0, 0.05) is 22.8 Å². The molecule has 0 aliphatic rings.